The monoisotopic (exact) mass is 526 g/mol. The van der Waals surface area contributed by atoms with Crippen molar-refractivity contribution in [2.24, 2.45) is 12.0 Å². The van der Waals surface area contributed by atoms with Gasteiger partial charge in [0.2, 0.25) is 0 Å². The number of rotatable bonds is 6. The van der Waals surface area contributed by atoms with E-state index in [9.17, 15) is 0 Å². The van der Waals surface area contributed by atoms with Gasteiger partial charge >= 0.3 is 0 Å². The summed E-state index contributed by atoms with van der Waals surface area (Å²) in [4.78, 5) is 6.92. The van der Waals surface area contributed by atoms with E-state index in [-0.39, 0.29) is 30.0 Å². The topological polar surface area (TPSA) is 66.7 Å². The van der Waals surface area contributed by atoms with Crippen LogP contribution in [0.1, 0.15) is 34.1 Å². The summed E-state index contributed by atoms with van der Waals surface area (Å²) in [7, 11) is 3.79. The molecule has 2 N–H and O–H groups in total. The van der Waals surface area contributed by atoms with Crippen molar-refractivity contribution in [2.75, 3.05) is 39.9 Å². The molecule has 0 amide bonds. The lowest BCUT2D eigenvalue weighted by Gasteiger charge is -2.35. The van der Waals surface area contributed by atoms with Crippen LogP contribution in [0.4, 0.5) is 0 Å². The number of aromatic nitrogens is 2. The maximum atomic E-state index is 5.56. The number of guanidine groups is 1. The lowest BCUT2D eigenvalue weighted by molar-refractivity contribution is 0.0170. The van der Waals surface area contributed by atoms with E-state index in [0.717, 1.165) is 44.5 Å². The summed E-state index contributed by atoms with van der Waals surface area (Å²) in [5.41, 5.74) is 6.06. The zero-order valence-corrected chi connectivity index (χ0v) is 21.1. The smallest absolute Gasteiger partial charge is 0.191 e. The molecule has 1 fully saturated rings. The van der Waals surface area contributed by atoms with Gasteiger partial charge in [-0.05, 0) is 26.3 Å². The predicted molar refractivity (Wildman–Crippen MR) is 133 cm³/mol. The van der Waals surface area contributed by atoms with E-state index in [1.807, 2.05) is 25.7 Å². The molecular weight excluding hydrogens is 491 g/mol. The van der Waals surface area contributed by atoms with E-state index >= 15 is 0 Å². The Labute approximate surface area is 197 Å². The molecule has 0 radical (unpaired) electrons. The Kier molecular flexibility index (Phi) is 9.57. The standard InChI is InChI=1S/C22H34N6O.HI/c1-16-7-6-8-19(13-16)21(28-9-11-29-12-10-28)15-25-22(23-4)24-14-20-17(2)26-27(5)18(20)3;/h6-8,13,21H,9-12,14-15H2,1-5H3,(H2,23,24,25);1H. The number of hydrogen-bond donors (Lipinski definition) is 2. The van der Waals surface area contributed by atoms with Crippen LogP contribution in [0.25, 0.3) is 0 Å². The fourth-order valence-electron chi connectivity index (χ4n) is 3.88. The lowest BCUT2D eigenvalue weighted by atomic mass is 10.0. The van der Waals surface area contributed by atoms with Crippen molar-refractivity contribution in [1.82, 2.24) is 25.3 Å². The molecule has 30 heavy (non-hydrogen) atoms. The molecule has 0 bridgehead atoms. The minimum absolute atomic E-state index is 0. The third-order valence-corrected chi connectivity index (χ3v) is 5.69. The van der Waals surface area contributed by atoms with Gasteiger partial charge in [0.1, 0.15) is 0 Å². The summed E-state index contributed by atoms with van der Waals surface area (Å²) in [6.45, 7) is 11.2. The van der Waals surface area contributed by atoms with Crippen LogP contribution in [-0.4, -0.2) is 60.5 Å². The van der Waals surface area contributed by atoms with Crippen molar-refractivity contribution in [3.05, 3.63) is 52.3 Å². The molecule has 1 aromatic carbocycles. The van der Waals surface area contributed by atoms with Crippen LogP contribution in [0.3, 0.4) is 0 Å². The first-order valence-corrected chi connectivity index (χ1v) is 10.3. The largest absolute Gasteiger partial charge is 0.379 e. The Morgan fingerprint density at radius 1 is 1.20 bits per heavy atom. The van der Waals surface area contributed by atoms with Crippen LogP contribution in [0.2, 0.25) is 0 Å². The lowest BCUT2D eigenvalue weighted by Crippen LogP contribution is -2.46. The molecule has 8 heteroatoms. The Morgan fingerprint density at radius 3 is 2.53 bits per heavy atom. The molecule has 1 unspecified atom stereocenters. The quantitative estimate of drug-likeness (QED) is 0.345. The first-order chi connectivity index (χ1) is 14.0. The number of aryl methyl sites for hydroxylation is 3. The zero-order chi connectivity index (χ0) is 20.8. The number of benzene rings is 1. The number of ether oxygens (including phenoxy) is 1. The molecule has 1 aromatic heterocycles. The van der Waals surface area contributed by atoms with Gasteiger partial charge in [-0.3, -0.25) is 14.6 Å². The van der Waals surface area contributed by atoms with Crippen LogP contribution >= 0.6 is 24.0 Å². The third kappa shape index (κ3) is 6.18. The number of nitrogens with zero attached hydrogens (tertiary/aromatic N) is 4. The van der Waals surface area contributed by atoms with Crippen LogP contribution in [0, 0.1) is 20.8 Å². The SMILES string of the molecule is CN=C(NCc1c(C)nn(C)c1C)NCC(c1cccc(C)c1)N1CCOCC1.I. The normalized spacial score (nSPS) is 16.1. The Hall–Kier alpha value is -1.65. The molecule has 2 aromatic rings. The second-order valence-electron chi connectivity index (χ2n) is 7.66. The van der Waals surface area contributed by atoms with E-state index in [0.29, 0.717) is 6.54 Å². The van der Waals surface area contributed by atoms with Crippen molar-refractivity contribution in [1.29, 1.82) is 0 Å². The summed E-state index contributed by atoms with van der Waals surface area (Å²) in [6.07, 6.45) is 0. The van der Waals surface area contributed by atoms with E-state index in [4.69, 9.17) is 4.74 Å². The van der Waals surface area contributed by atoms with Crippen molar-refractivity contribution < 1.29 is 4.74 Å². The summed E-state index contributed by atoms with van der Waals surface area (Å²) >= 11 is 0. The maximum absolute atomic E-state index is 5.56. The highest BCUT2D eigenvalue weighted by Gasteiger charge is 2.23. The fraction of sp³-hybridized carbons (Fsp3) is 0.545. The number of aliphatic imine (C=N–C) groups is 1. The van der Waals surface area contributed by atoms with Gasteiger partial charge in [-0.25, -0.2) is 0 Å². The van der Waals surface area contributed by atoms with Gasteiger partial charge in [0, 0.05) is 51.5 Å². The van der Waals surface area contributed by atoms with Crippen LogP contribution in [-0.2, 0) is 18.3 Å². The molecule has 3 rings (SSSR count). The molecular formula is C22H35IN6O. The maximum Gasteiger partial charge on any atom is 0.191 e. The van der Waals surface area contributed by atoms with Gasteiger partial charge in [0.25, 0.3) is 0 Å². The highest BCUT2D eigenvalue weighted by molar-refractivity contribution is 14.0. The van der Waals surface area contributed by atoms with Gasteiger partial charge in [0.05, 0.1) is 24.9 Å². The molecule has 1 atom stereocenters. The molecule has 0 saturated carbocycles. The van der Waals surface area contributed by atoms with Crippen molar-refractivity contribution in [3.8, 4) is 0 Å². The first kappa shape index (κ1) is 24.6. The Morgan fingerprint density at radius 2 is 1.93 bits per heavy atom. The van der Waals surface area contributed by atoms with Gasteiger partial charge < -0.3 is 15.4 Å². The minimum Gasteiger partial charge on any atom is -0.379 e. The highest BCUT2D eigenvalue weighted by Crippen LogP contribution is 2.22. The average Bonchev–Trinajstić information content (AvgIpc) is 2.97. The third-order valence-electron chi connectivity index (χ3n) is 5.69. The highest BCUT2D eigenvalue weighted by atomic mass is 127. The molecule has 1 saturated heterocycles. The van der Waals surface area contributed by atoms with Crippen molar-refractivity contribution in [2.45, 2.75) is 33.4 Å². The van der Waals surface area contributed by atoms with Crippen LogP contribution in [0.15, 0.2) is 29.3 Å². The Bertz CT molecular complexity index is 844. The molecule has 1 aliphatic heterocycles. The zero-order valence-electron chi connectivity index (χ0n) is 18.7. The van der Waals surface area contributed by atoms with E-state index in [2.05, 4.69) is 63.7 Å². The summed E-state index contributed by atoms with van der Waals surface area (Å²) in [5.74, 6) is 0.804. The van der Waals surface area contributed by atoms with Gasteiger partial charge in [0.15, 0.2) is 5.96 Å². The van der Waals surface area contributed by atoms with Crippen LogP contribution in [0.5, 0.6) is 0 Å². The van der Waals surface area contributed by atoms with E-state index in [1.165, 1.54) is 22.4 Å². The second-order valence-corrected chi connectivity index (χ2v) is 7.66. The molecule has 0 spiro atoms. The molecule has 2 heterocycles. The molecule has 0 aliphatic carbocycles. The van der Waals surface area contributed by atoms with Gasteiger partial charge in [-0.15, -0.1) is 24.0 Å². The summed E-state index contributed by atoms with van der Waals surface area (Å²) in [6, 6.07) is 9.05. The average molecular weight is 526 g/mol. The predicted octanol–water partition coefficient (Wildman–Crippen LogP) is 2.70. The number of hydrogen-bond acceptors (Lipinski definition) is 4. The summed E-state index contributed by atoms with van der Waals surface area (Å²) in [5, 5.41) is 11.5. The van der Waals surface area contributed by atoms with Crippen molar-refractivity contribution >= 4 is 29.9 Å². The van der Waals surface area contributed by atoms with Gasteiger partial charge in [-0.2, -0.15) is 5.10 Å². The number of morpholine rings is 1. The Balaban J connectivity index is 0.00000320. The fourth-order valence-corrected chi connectivity index (χ4v) is 3.88. The molecule has 1 aliphatic rings. The van der Waals surface area contributed by atoms with E-state index in [1.54, 1.807) is 0 Å². The van der Waals surface area contributed by atoms with Crippen LogP contribution < -0.4 is 10.6 Å². The number of halogens is 1. The molecule has 166 valence electrons. The number of nitrogens with one attached hydrogen (secondary N) is 2. The van der Waals surface area contributed by atoms with Gasteiger partial charge in [-0.1, -0.05) is 29.8 Å². The van der Waals surface area contributed by atoms with E-state index < -0.39 is 0 Å². The van der Waals surface area contributed by atoms with Crippen molar-refractivity contribution in [3.63, 3.8) is 0 Å². The second kappa shape index (κ2) is 11.7. The first-order valence-electron chi connectivity index (χ1n) is 10.3. The minimum atomic E-state index is 0. The summed E-state index contributed by atoms with van der Waals surface area (Å²) < 4.78 is 7.49. The molecule has 7 nitrogen and oxygen atoms in total.